The summed E-state index contributed by atoms with van der Waals surface area (Å²) < 4.78 is 21.8. The number of hydrogen-bond acceptors (Lipinski definition) is 5. The maximum absolute atomic E-state index is 13.8. The minimum atomic E-state index is -0.685. The standard InChI is InChI=1S/C26H30FN3O4/c1-17(2)26-24(25(31)8-7-19-10-21(27)12-22(11-19)30(32)33)13-23(16-34-18(3)4)29(26)15-20-6-5-9-28-14-20/h5-6,9-14,17-18H,7-8,15-16H2,1-4H3. The lowest BCUT2D eigenvalue weighted by molar-refractivity contribution is -0.385. The van der Waals surface area contributed by atoms with E-state index in [1.165, 1.54) is 12.1 Å². The molecule has 0 saturated carbocycles. The second kappa shape index (κ2) is 11.2. The summed E-state index contributed by atoms with van der Waals surface area (Å²) in [6, 6.07) is 9.17. The number of nitrogens with zero attached hydrogens (tertiary/aromatic N) is 3. The summed E-state index contributed by atoms with van der Waals surface area (Å²) in [6.07, 6.45) is 3.88. The SMILES string of the molecule is CC(C)OCc1cc(C(=O)CCc2cc(F)cc([N+](=O)[O-])c2)c(C(C)C)n1Cc1cccnc1. The van der Waals surface area contributed by atoms with Gasteiger partial charge in [0.15, 0.2) is 5.78 Å². The summed E-state index contributed by atoms with van der Waals surface area (Å²) in [5.41, 5.74) is 3.52. The van der Waals surface area contributed by atoms with E-state index in [2.05, 4.69) is 9.55 Å². The fourth-order valence-electron chi connectivity index (χ4n) is 3.97. The Bertz CT molecular complexity index is 1160. The van der Waals surface area contributed by atoms with Gasteiger partial charge in [0.05, 0.1) is 23.7 Å². The average Bonchev–Trinajstić information content (AvgIpc) is 3.14. The van der Waals surface area contributed by atoms with Crippen molar-refractivity contribution in [2.75, 3.05) is 0 Å². The number of ether oxygens (including phenoxy) is 1. The molecule has 0 fully saturated rings. The van der Waals surface area contributed by atoms with Crippen LogP contribution >= 0.6 is 0 Å². The summed E-state index contributed by atoms with van der Waals surface area (Å²) in [5, 5.41) is 11.0. The number of hydrogen-bond donors (Lipinski definition) is 0. The topological polar surface area (TPSA) is 87.3 Å². The van der Waals surface area contributed by atoms with Crippen LogP contribution in [0.15, 0.2) is 48.8 Å². The minimum Gasteiger partial charge on any atom is -0.373 e. The first-order valence-electron chi connectivity index (χ1n) is 11.4. The molecule has 0 aliphatic rings. The number of non-ortho nitro benzene ring substituents is 1. The fraction of sp³-hybridized carbons (Fsp3) is 0.385. The van der Waals surface area contributed by atoms with Crippen LogP contribution in [0.4, 0.5) is 10.1 Å². The summed E-state index contributed by atoms with van der Waals surface area (Å²) >= 11 is 0. The van der Waals surface area contributed by atoms with E-state index >= 15 is 0 Å². The number of carbonyl (C=O) groups is 1. The average molecular weight is 468 g/mol. The summed E-state index contributed by atoms with van der Waals surface area (Å²) in [5.74, 6) is -0.708. The van der Waals surface area contributed by atoms with Gasteiger partial charge in [0.1, 0.15) is 5.82 Å². The molecule has 0 spiro atoms. The number of nitro benzene ring substituents is 1. The highest BCUT2D eigenvalue weighted by Gasteiger charge is 2.23. The van der Waals surface area contributed by atoms with Crippen LogP contribution in [0, 0.1) is 15.9 Å². The van der Waals surface area contributed by atoms with Crippen LogP contribution in [0.25, 0.3) is 0 Å². The molecule has 0 amide bonds. The Balaban J connectivity index is 1.92. The number of benzene rings is 1. The third-order valence-electron chi connectivity index (χ3n) is 5.49. The lowest BCUT2D eigenvalue weighted by atomic mass is 9.98. The van der Waals surface area contributed by atoms with Gasteiger partial charge in [0.25, 0.3) is 5.69 Å². The number of rotatable bonds is 11. The molecule has 1 aromatic carbocycles. The van der Waals surface area contributed by atoms with Crippen molar-refractivity contribution < 1.29 is 18.8 Å². The van der Waals surface area contributed by atoms with Gasteiger partial charge in [-0.3, -0.25) is 19.9 Å². The Labute approximate surface area is 198 Å². The number of aromatic nitrogens is 2. The molecular formula is C26H30FN3O4. The monoisotopic (exact) mass is 467 g/mol. The largest absolute Gasteiger partial charge is 0.373 e. The van der Waals surface area contributed by atoms with Crippen LogP contribution in [0.2, 0.25) is 0 Å². The summed E-state index contributed by atoms with van der Waals surface area (Å²) in [4.78, 5) is 27.9. The van der Waals surface area contributed by atoms with E-state index in [9.17, 15) is 19.3 Å². The van der Waals surface area contributed by atoms with E-state index in [4.69, 9.17) is 4.74 Å². The number of carbonyl (C=O) groups excluding carboxylic acids is 1. The molecule has 34 heavy (non-hydrogen) atoms. The van der Waals surface area contributed by atoms with Crippen molar-refractivity contribution in [3.8, 4) is 0 Å². The normalized spacial score (nSPS) is 11.4. The predicted octanol–water partition coefficient (Wildman–Crippen LogP) is 5.84. The molecular weight excluding hydrogens is 437 g/mol. The lowest BCUT2D eigenvalue weighted by Gasteiger charge is -2.18. The van der Waals surface area contributed by atoms with Crippen LogP contribution in [-0.2, 0) is 24.3 Å². The Hall–Kier alpha value is -3.39. The Kier molecular flexibility index (Phi) is 8.28. The van der Waals surface area contributed by atoms with Crippen molar-refractivity contribution in [3.63, 3.8) is 0 Å². The highest BCUT2D eigenvalue weighted by Crippen LogP contribution is 2.28. The van der Waals surface area contributed by atoms with Gasteiger partial charge < -0.3 is 9.30 Å². The number of pyridine rings is 1. The zero-order chi connectivity index (χ0) is 24.8. The summed E-state index contributed by atoms with van der Waals surface area (Å²) in [7, 11) is 0. The van der Waals surface area contributed by atoms with Crippen molar-refractivity contribution in [2.45, 2.75) is 65.7 Å². The molecule has 8 heteroatoms. The molecule has 0 saturated heterocycles. The second-order valence-electron chi connectivity index (χ2n) is 8.89. The highest BCUT2D eigenvalue weighted by atomic mass is 19.1. The molecule has 0 aliphatic heterocycles. The molecule has 0 atom stereocenters. The Morgan fingerprint density at radius 2 is 1.94 bits per heavy atom. The van der Waals surface area contributed by atoms with Crippen molar-refractivity contribution >= 4 is 11.5 Å². The van der Waals surface area contributed by atoms with Crippen LogP contribution in [-0.4, -0.2) is 26.4 Å². The van der Waals surface area contributed by atoms with Crippen LogP contribution in [0.5, 0.6) is 0 Å². The lowest BCUT2D eigenvalue weighted by Crippen LogP contribution is -2.14. The molecule has 180 valence electrons. The van der Waals surface area contributed by atoms with Gasteiger partial charge >= 0.3 is 0 Å². The smallest absolute Gasteiger partial charge is 0.272 e. The first-order chi connectivity index (χ1) is 16.2. The number of ketones is 1. The zero-order valence-corrected chi connectivity index (χ0v) is 20.0. The fourth-order valence-corrected chi connectivity index (χ4v) is 3.97. The van der Waals surface area contributed by atoms with Gasteiger partial charge in [0, 0.05) is 48.4 Å². The van der Waals surface area contributed by atoms with Gasteiger partial charge in [0.2, 0.25) is 0 Å². The predicted molar refractivity (Wildman–Crippen MR) is 127 cm³/mol. The maximum Gasteiger partial charge on any atom is 0.272 e. The first-order valence-corrected chi connectivity index (χ1v) is 11.4. The van der Waals surface area contributed by atoms with E-state index in [1.54, 1.807) is 12.4 Å². The number of Topliss-reactive ketones (excluding diaryl/α,β-unsaturated/α-hetero) is 1. The van der Waals surface area contributed by atoms with Gasteiger partial charge in [-0.25, -0.2) is 4.39 Å². The molecule has 2 aromatic heterocycles. The molecule has 0 N–H and O–H groups in total. The van der Waals surface area contributed by atoms with E-state index in [1.807, 2.05) is 45.9 Å². The van der Waals surface area contributed by atoms with Gasteiger partial charge in [-0.2, -0.15) is 0 Å². The molecule has 7 nitrogen and oxygen atoms in total. The van der Waals surface area contributed by atoms with E-state index < -0.39 is 10.7 Å². The van der Waals surface area contributed by atoms with Gasteiger partial charge in [-0.1, -0.05) is 19.9 Å². The van der Waals surface area contributed by atoms with Crippen molar-refractivity contribution in [3.05, 3.63) is 92.8 Å². The van der Waals surface area contributed by atoms with Crippen molar-refractivity contribution in [2.24, 2.45) is 0 Å². The van der Waals surface area contributed by atoms with E-state index in [0.717, 1.165) is 23.0 Å². The molecule has 0 radical (unpaired) electrons. The highest BCUT2D eigenvalue weighted by molar-refractivity contribution is 5.98. The molecule has 0 aliphatic carbocycles. The Morgan fingerprint density at radius 3 is 2.56 bits per heavy atom. The zero-order valence-electron chi connectivity index (χ0n) is 20.0. The molecule has 3 rings (SSSR count). The molecule has 0 bridgehead atoms. The van der Waals surface area contributed by atoms with Crippen LogP contribution < -0.4 is 0 Å². The molecule has 2 heterocycles. The van der Waals surface area contributed by atoms with Crippen molar-refractivity contribution in [1.82, 2.24) is 9.55 Å². The third-order valence-corrected chi connectivity index (χ3v) is 5.49. The first kappa shape index (κ1) is 25.2. The molecule has 3 aromatic rings. The minimum absolute atomic E-state index is 0.0344. The van der Waals surface area contributed by atoms with Crippen LogP contribution in [0.1, 0.15) is 72.9 Å². The second-order valence-corrected chi connectivity index (χ2v) is 8.89. The number of halogens is 1. The number of aryl methyl sites for hydroxylation is 1. The maximum atomic E-state index is 13.8. The van der Waals surface area contributed by atoms with Gasteiger partial charge in [-0.15, -0.1) is 0 Å². The quantitative estimate of drug-likeness (QED) is 0.201. The third kappa shape index (κ3) is 6.35. The Morgan fingerprint density at radius 1 is 1.18 bits per heavy atom. The van der Waals surface area contributed by atoms with Gasteiger partial charge in [-0.05, 0) is 55.5 Å². The summed E-state index contributed by atoms with van der Waals surface area (Å²) in [6.45, 7) is 8.91. The number of nitro groups is 1. The molecule has 0 unspecified atom stereocenters. The van der Waals surface area contributed by atoms with E-state index in [-0.39, 0.29) is 36.3 Å². The van der Waals surface area contributed by atoms with Crippen LogP contribution in [0.3, 0.4) is 0 Å². The van der Waals surface area contributed by atoms with Crippen molar-refractivity contribution in [1.29, 1.82) is 0 Å². The van der Waals surface area contributed by atoms with E-state index in [0.29, 0.717) is 24.3 Å².